The van der Waals surface area contributed by atoms with Gasteiger partial charge in [-0.15, -0.1) is 0 Å². The van der Waals surface area contributed by atoms with Crippen LogP contribution >= 0.6 is 0 Å². The maximum Gasteiger partial charge on any atom is 0.189 e. The summed E-state index contributed by atoms with van der Waals surface area (Å²) in [5.41, 5.74) is 8.90. The van der Waals surface area contributed by atoms with E-state index >= 15 is 0 Å². The van der Waals surface area contributed by atoms with Crippen molar-refractivity contribution in [1.82, 2.24) is 25.4 Å². The number of nitrogens with zero attached hydrogens (tertiary/aromatic N) is 5. The molecular formula is C24H21N7O2. The Morgan fingerprint density at radius 3 is 2.70 bits per heavy atom. The molecule has 5 rings (SSSR count). The highest BCUT2D eigenvalue weighted by Gasteiger charge is 2.35. The lowest BCUT2D eigenvalue weighted by molar-refractivity contribution is 0.375. The molecule has 1 aliphatic rings. The van der Waals surface area contributed by atoms with E-state index in [4.69, 9.17) is 10.3 Å². The fraction of sp³-hybridized carbons (Fsp3) is 0.208. The average molecular weight is 439 g/mol. The van der Waals surface area contributed by atoms with Gasteiger partial charge in [0.25, 0.3) is 0 Å². The summed E-state index contributed by atoms with van der Waals surface area (Å²) in [6.07, 6.45) is 4.67. The minimum atomic E-state index is -0.622. The number of nitrogens with one attached hydrogen (secondary N) is 1. The first-order valence-corrected chi connectivity index (χ1v) is 10.6. The Bertz CT molecular complexity index is 1350. The number of piperidine rings is 1. The Labute approximate surface area is 189 Å². The van der Waals surface area contributed by atoms with E-state index in [2.05, 4.69) is 31.5 Å². The minimum absolute atomic E-state index is 0.0961. The van der Waals surface area contributed by atoms with Crippen molar-refractivity contribution in [3.63, 3.8) is 0 Å². The van der Waals surface area contributed by atoms with Gasteiger partial charge in [0.15, 0.2) is 17.3 Å². The van der Waals surface area contributed by atoms with Crippen LogP contribution in [0.25, 0.3) is 34.0 Å². The number of phenolic OH excluding ortho intramolecular Hbond substituents is 1. The number of nitrogens with two attached hydrogens (primary N) is 1. The maximum absolute atomic E-state index is 10.1. The molecule has 0 radical (unpaired) electrons. The van der Waals surface area contributed by atoms with Crippen LogP contribution in [0.1, 0.15) is 18.5 Å². The second-order valence-corrected chi connectivity index (χ2v) is 7.96. The van der Waals surface area contributed by atoms with Crippen LogP contribution in [0.15, 0.2) is 59.4 Å². The molecule has 4 aromatic rings. The van der Waals surface area contributed by atoms with Crippen molar-refractivity contribution in [3.8, 4) is 45.8 Å². The Hall–Kier alpha value is -4.29. The topological polar surface area (TPSA) is 147 Å². The summed E-state index contributed by atoms with van der Waals surface area (Å²) in [6, 6.07) is 14.7. The van der Waals surface area contributed by atoms with Crippen LogP contribution in [-0.2, 0) is 5.41 Å². The van der Waals surface area contributed by atoms with E-state index in [0.717, 1.165) is 24.3 Å². The smallest absolute Gasteiger partial charge is 0.189 e. The first-order valence-electron chi connectivity index (χ1n) is 10.6. The monoisotopic (exact) mass is 439 g/mol. The minimum Gasteiger partial charge on any atom is -0.507 e. The van der Waals surface area contributed by atoms with Gasteiger partial charge < -0.3 is 20.7 Å². The van der Waals surface area contributed by atoms with Gasteiger partial charge in [-0.3, -0.25) is 4.98 Å². The molecule has 0 aliphatic carbocycles. The van der Waals surface area contributed by atoms with Gasteiger partial charge in [0, 0.05) is 23.4 Å². The van der Waals surface area contributed by atoms with Gasteiger partial charge in [-0.25, -0.2) is 9.97 Å². The number of anilines is 1. The van der Waals surface area contributed by atoms with Crippen LogP contribution in [0.5, 0.6) is 5.75 Å². The van der Waals surface area contributed by atoms with E-state index < -0.39 is 5.41 Å². The zero-order valence-corrected chi connectivity index (χ0v) is 17.7. The predicted octanol–water partition coefficient (Wildman–Crippen LogP) is 3.29. The fourth-order valence-electron chi connectivity index (χ4n) is 4.05. The lowest BCUT2D eigenvalue weighted by Crippen LogP contribution is -2.39. The SMILES string of the molecule is N#CC1(c2cc(-c3cnc(N)c(-c4cc(-c5ccccc5O)no4)n3)ccn2)CCNCC1. The number of phenols is 1. The lowest BCUT2D eigenvalue weighted by atomic mass is 9.77. The number of benzene rings is 1. The highest BCUT2D eigenvalue weighted by Crippen LogP contribution is 2.35. The number of aromatic hydroxyl groups is 1. The van der Waals surface area contributed by atoms with E-state index in [1.807, 2.05) is 12.1 Å². The molecule has 0 saturated carbocycles. The number of hydrogen-bond donors (Lipinski definition) is 3. The van der Waals surface area contributed by atoms with Gasteiger partial charge in [0.1, 0.15) is 16.9 Å². The summed E-state index contributed by atoms with van der Waals surface area (Å²) in [4.78, 5) is 13.5. The number of hydrogen-bond acceptors (Lipinski definition) is 9. The van der Waals surface area contributed by atoms with Crippen LogP contribution < -0.4 is 11.1 Å². The zero-order valence-electron chi connectivity index (χ0n) is 17.7. The summed E-state index contributed by atoms with van der Waals surface area (Å²) in [6.45, 7) is 1.55. The third-order valence-electron chi connectivity index (χ3n) is 5.94. The van der Waals surface area contributed by atoms with Crippen LogP contribution in [0.4, 0.5) is 5.82 Å². The maximum atomic E-state index is 10.1. The van der Waals surface area contributed by atoms with Gasteiger partial charge in [-0.1, -0.05) is 17.3 Å². The lowest BCUT2D eigenvalue weighted by Gasteiger charge is -2.30. The summed E-state index contributed by atoms with van der Waals surface area (Å²) in [5.74, 6) is 0.625. The number of pyridine rings is 1. The molecule has 0 atom stereocenters. The van der Waals surface area contributed by atoms with Crippen molar-refractivity contribution < 1.29 is 9.63 Å². The van der Waals surface area contributed by atoms with Crippen molar-refractivity contribution in [1.29, 1.82) is 5.26 Å². The summed E-state index contributed by atoms with van der Waals surface area (Å²) < 4.78 is 5.48. The standard InChI is InChI=1S/C24H21N7O2/c25-14-24(6-9-27-10-7-24)21-11-15(5-8-28-21)18-13-29-23(26)22(30-18)20-12-17(31-33-20)16-3-1-2-4-19(16)32/h1-5,8,11-13,27,32H,6-7,9-10H2,(H2,26,29). The predicted molar refractivity (Wildman–Crippen MR) is 122 cm³/mol. The molecule has 3 aromatic heterocycles. The van der Waals surface area contributed by atoms with Gasteiger partial charge in [0.2, 0.25) is 0 Å². The first-order chi connectivity index (χ1) is 16.1. The highest BCUT2D eigenvalue weighted by atomic mass is 16.5. The van der Waals surface area contributed by atoms with Crippen molar-refractivity contribution in [2.45, 2.75) is 18.3 Å². The van der Waals surface area contributed by atoms with E-state index in [-0.39, 0.29) is 11.6 Å². The van der Waals surface area contributed by atoms with E-state index in [1.165, 1.54) is 0 Å². The van der Waals surface area contributed by atoms with Gasteiger partial charge in [0.05, 0.1) is 23.7 Å². The van der Waals surface area contributed by atoms with Crippen molar-refractivity contribution in [2.75, 3.05) is 18.8 Å². The molecule has 1 fully saturated rings. The third kappa shape index (κ3) is 3.77. The third-order valence-corrected chi connectivity index (χ3v) is 5.94. The number of nitrogen functional groups attached to an aromatic ring is 1. The molecule has 0 amide bonds. The zero-order chi connectivity index (χ0) is 22.8. The number of para-hydroxylation sites is 1. The van der Waals surface area contributed by atoms with Crippen molar-refractivity contribution in [2.24, 2.45) is 0 Å². The fourth-order valence-corrected chi connectivity index (χ4v) is 4.05. The van der Waals surface area contributed by atoms with Gasteiger partial charge >= 0.3 is 0 Å². The second-order valence-electron chi connectivity index (χ2n) is 7.96. The van der Waals surface area contributed by atoms with E-state index in [1.54, 1.807) is 42.7 Å². The van der Waals surface area contributed by atoms with Crippen molar-refractivity contribution >= 4 is 5.82 Å². The molecule has 9 nitrogen and oxygen atoms in total. The Morgan fingerprint density at radius 1 is 1.09 bits per heavy atom. The Kier molecular flexibility index (Phi) is 5.20. The van der Waals surface area contributed by atoms with Gasteiger partial charge in [-0.2, -0.15) is 5.26 Å². The quantitative estimate of drug-likeness (QED) is 0.436. The summed E-state index contributed by atoms with van der Waals surface area (Å²) in [7, 11) is 0. The molecule has 4 N–H and O–H groups in total. The molecular weight excluding hydrogens is 418 g/mol. The molecule has 0 spiro atoms. The van der Waals surface area contributed by atoms with Gasteiger partial charge in [-0.05, 0) is 50.2 Å². The van der Waals surface area contributed by atoms with Crippen LogP contribution in [0.3, 0.4) is 0 Å². The molecule has 0 unspecified atom stereocenters. The summed E-state index contributed by atoms with van der Waals surface area (Å²) in [5, 5.41) is 27.3. The molecule has 9 heteroatoms. The normalized spacial score (nSPS) is 15.1. The molecule has 4 heterocycles. The number of nitriles is 1. The molecule has 1 aliphatic heterocycles. The van der Waals surface area contributed by atoms with Crippen LogP contribution in [0, 0.1) is 11.3 Å². The molecule has 1 saturated heterocycles. The Balaban J connectivity index is 1.52. The molecule has 164 valence electrons. The largest absolute Gasteiger partial charge is 0.507 e. The van der Waals surface area contributed by atoms with Crippen LogP contribution in [0.2, 0.25) is 0 Å². The average Bonchev–Trinajstić information content (AvgIpc) is 3.35. The molecule has 1 aromatic carbocycles. The highest BCUT2D eigenvalue weighted by molar-refractivity contribution is 5.74. The second kappa shape index (κ2) is 8.33. The summed E-state index contributed by atoms with van der Waals surface area (Å²) >= 11 is 0. The Morgan fingerprint density at radius 2 is 1.91 bits per heavy atom. The number of aromatic nitrogens is 4. The number of rotatable bonds is 4. The van der Waals surface area contributed by atoms with E-state index in [9.17, 15) is 10.4 Å². The van der Waals surface area contributed by atoms with E-state index in [0.29, 0.717) is 41.2 Å². The molecule has 0 bridgehead atoms. The first kappa shape index (κ1) is 20.6. The van der Waals surface area contributed by atoms with Crippen LogP contribution in [-0.4, -0.2) is 38.3 Å². The van der Waals surface area contributed by atoms with Crippen molar-refractivity contribution in [3.05, 3.63) is 60.6 Å². The molecule has 33 heavy (non-hydrogen) atoms.